The summed E-state index contributed by atoms with van der Waals surface area (Å²) in [6.07, 6.45) is 1.73. The minimum absolute atomic E-state index is 0.266. The molecule has 0 saturated carbocycles. The zero-order valence-electron chi connectivity index (χ0n) is 7.50. The topological polar surface area (TPSA) is 56.9 Å². The molecule has 0 radical (unpaired) electrons. The molecule has 1 aromatic heterocycles. The molecule has 0 saturated heterocycles. The number of nitrogens with zero attached hydrogens (tertiary/aromatic N) is 2. The maximum absolute atomic E-state index is 9.45. The Morgan fingerprint density at radius 3 is 3.14 bits per heavy atom. The summed E-state index contributed by atoms with van der Waals surface area (Å²) in [5.74, 6) is 0. The number of pyridine rings is 1. The van der Waals surface area contributed by atoms with Crippen molar-refractivity contribution in [2.75, 3.05) is 0 Å². The van der Waals surface area contributed by atoms with E-state index in [1.54, 1.807) is 6.07 Å². The second-order valence-electron chi connectivity index (χ2n) is 3.44. The smallest absolute Gasteiger partial charge is 0.147 e. The van der Waals surface area contributed by atoms with Gasteiger partial charge in [-0.2, -0.15) is 5.26 Å². The highest BCUT2D eigenvalue weighted by molar-refractivity contribution is 6.30. The molecule has 0 aromatic carbocycles. The molecule has 1 aliphatic carbocycles. The summed E-state index contributed by atoms with van der Waals surface area (Å²) in [5.41, 5.74) is 2.25. The van der Waals surface area contributed by atoms with E-state index in [2.05, 4.69) is 4.98 Å². The first kappa shape index (κ1) is 9.45. The van der Waals surface area contributed by atoms with Crippen LogP contribution in [0.1, 0.15) is 23.2 Å². The molecule has 0 bridgehead atoms. The molecular weight excluding hydrogens is 200 g/mol. The van der Waals surface area contributed by atoms with Crippen LogP contribution in [0.5, 0.6) is 0 Å². The lowest BCUT2D eigenvalue weighted by atomic mass is 9.93. The molecule has 0 amide bonds. The van der Waals surface area contributed by atoms with Gasteiger partial charge in [-0.1, -0.05) is 11.6 Å². The van der Waals surface area contributed by atoms with E-state index in [-0.39, 0.29) is 11.3 Å². The van der Waals surface area contributed by atoms with Gasteiger partial charge in [0.15, 0.2) is 0 Å². The Bertz CT molecular complexity index is 411. The van der Waals surface area contributed by atoms with Crippen molar-refractivity contribution in [3.63, 3.8) is 0 Å². The van der Waals surface area contributed by atoms with Gasteiger partial charge in [-0.15, -0.1) is 0 Å². The van der Waals surface area contributed by atoms with Crippen molar-refractivity contribution in [1.82, 2.24) is 4.98 Å². The maximum Gasteiger partial charge on any atom is 0.147 e. The van der Waals surface area contributed by atoms with Crippen LogP contribution in [0, 0.1) is 11.3 Å². The largest absolute Gasteiger partial charge is 0.393 e. The van der Waals surface area contributed by atoms with Gasteiger partial charge in [-0.05, 0) is 24.5 Å². The van der Waals surface area contributed by atoms with Crippen molar-refractivity contribution in [2.45, 2.75) is 25.4 Å². The van der Waals surface area contributed by atoms with Crippen LogP contribution >= 0.6 is 11.6 Å². The molecule has 14 heavy (non-hydrogen) atoms. The van der Waals surface area contributed by atoms with Gasteiger partial charge in [0.25, 0.3) is 0 Å². The SMILES string of the molecule is N#Cc1cc2c(nc1Cl)CCC(O)C2. The van der Waals surface area contributed by atoms with Crippen LogP contribution in [0.15, 0.2) is 6.07 Å². The summed E-state index contributed by atoms with van der Waals surface area (Å²) >= 11 is 5.80. The predicted molar refractivity (Wildman–Crippen MR) is 52.0 cm³/mol. The molecule has 4 heteroatoms. The Morgan fingerprint density at radius 1 is 1.64 bits per heavy atom. The first-order chi connectivity index (χ1) is 6.70. The van der Waals surface area contributed by atoms with Crippen LogP contribution in [0.25, 0.3) is 0 Å². The number of aliphatic hydroxyl groups is 1. The molecule has 3 nitrogen and oxygen atoms in total. The monoisotopic (exact) mass is 208 g/mol. The van der Waals surface area contributed by atoms with E-state index in [9.17, 15) is 5.11 Å². The van der Waals surface area contributed by atoms with Gasteiger partial charge >= 0.3 is 0 Å². The number of aryl methyl sites for hydroxylation is 1. The first-order valence-corrected chi connectivity index (χ1v) is 4.85. The zero-order valence-corrected chi connectivity index (χ0v) is 8.25. The van der Waals surface area contributed by atoms with E-state index >= 15 is 0 Å². The molecule has 0 fully saturated rings. The molecule has 1 heterocycles. The van der Waals surface area contributed by atoms with Gasteiger partial charge in [0.05, 0.1) is 11.7 Å². The fraction of sp³-hybridized carbons (Fsp3) is 0.400. The molecule has 2 rings (SSSR count). The van der Waals surface area contributed by atoms with E-state index in [0.717, 1.165) is 24.1 Å². The van der Waals surface area contributed by atoms with E-state index in [4.69, 9.17) is 16.9 Å². The van der Waals surface area contributed by atoms with Gasteiger partial charge in [0, 0.05) is 12.1 Å². The number of nitriles is 1. The molecule has 1 unspecified atom stereocenters. The van der Waals surface area contributed by atoms with E-state index in [1.807, 2.05) is 6.07 Å². The molecular formula is C10H9ClN2O. The van der Waals surface area contributed by atoms with Crippen LogP contribution < -0.4 is 0 Å². The number of hydrogen-bond acceptors (Lipinski definition) is 3. The Balaban J connectivity index is 2.47. The molecule has 72 valence electrons. The molecule has 1 N–H and O–H groups in total. The van der Waals surface area contributed by atoms with E-state index in [1.165, 1.54) is 0 Å². The fourth-order valence-electron chi connectivity index (χ4n) is 1.70. The number of halogens is 1. The van der Waals surface area contributed by atoms with Crippen LogP contribution in [-0.4, -0.2) is 16.2 Å². The Morgan fingerprint density at radius 2 is 2.43 bits per heavy atom. The Labute approximate surface area is 87.0 Å². The van der Waals surface area contributed by atoms with E-state index in [0.29, 0.717) is 12.0 Å². The highest BCUT2D eigenvalue weighted by Gasteiger charge is 2.19. The summed E-state index contributed by atoms with van der Waals surface area (Å²) in [5, 5.41) is 18.5. The average molecular weight is 209 g/mol. The summed E-state index contributed by atoms with van der Waals surface area (Å²) in [4.78, 5) is 4.15. The second-order valence-corrected chi connectivity index (χ2v) is 3.80. The average Bonchev–Trinajstić information content (AvgIpc) is 2.17. The number of aliphatic hydroxyl groups excluding tert-OH is 1. The van der Waals surface area contributed by atoms with Gasteiger partial charge in [-0.25, -0.2) is 4.98 Å². The lowest BCUT2D eigenvalue weighted by molar-refractivity contribution is 0.157. The lowest BCUT2D eigenvalue weighted by Crippen LogP contribution is -2.19. The fourth-order valence-corrected chi connectivity index (χ4v) is 1.90. The number of rotatable bonds is 0. The molecule has 0 aliphatic heterocycles. The van der Waals surface area contributed by atoms with Crippen LogP contribution in [-0.2, 0) is 12.8 Å². The highest BCUT2D eigenvalue weighted by Crippen LogP contribution is 2.24. The van der Waals surface area contributed by atoms with Crippen molar-refractivity contribution < 1.29 is 5.11 Å². The second kappa shape index (κ2) is 3.56. The van der Waals surface area contributed by atoms with Crippen molar-refractivity contribution in [3.8, 4) is 6.07 Å². The molecule has 1 aromatic rings. The zero-order chi connectivity index (χ0) is 10.1. The van der Waals surface area contributed by atoms with Crippen molar-refractivity contribution >= 4 is 11.6 Å². The van der Waals surface area contributed by atoms with Gasteiger partial charge in [-0.3, -0.25) is 0 Å². The molecule has 1 atom stereocenters. The Hall–Kier alpha value is -1.11. The quantitative estimate of drug-likeness (QED) is 0.657. The van der Waals surface area contributed by atoms with Crippen LogP contribution in [0.2, 0.25) is 5.15 Å². The Kier molecular flexibility index (Phi) is 2.40. The highest BCUT2D eigenvalue weighted by atomic mass is 35.5. The summed E-state index contributed by atoms with van der Waals surface area (Å²) in [6.45, 7) is 0. The lowest BCUT2D eigenvalue weighted by Gasteiger charge is -2.19. The minimum atomic E-state index is -0.308. The number of aromatic nitrogens is 1. The van der Waals surface area contributed by atoms with E-state index < -0.39 is 0 Å². The van der Waals surface area contributed by atoms with Crippen molar-refractivity contribution in [1.29, 1.82) is 5.26 Å². The van der Waals surface area contributed by atoms with Crippen molar-refractivity contribution in [2.24, 2.45) is 0 Å². The third-order valence-corrected chi connectivity index (χ3v) is 2.72. The minimum Gasteiger partial charge on any atom is -0.393 e. The summed E-state index contributed by atoms with van der Waals surface area (Å²) < 4.78 is 0. The molecule has 1 aliphatic rings. The van der Waals surface area contributed by atoms with Crippen LogP contribution in [0.3, 0.4) is 0 Å². The van der Waals surface area contributed by atoms with Crippen LogP contribution in [0.4, 0.5) is 0 Å². The number of fused-ring (bicyclic) bond motifs is 1. The maximum atomic E-state index is 9.45. The first-order valence-electron chi connectivity index (χ1n) is 4.47. The van der Waals surface area contributed by atoms with Crippen molar-refractivity contribution in [3.05, 3.63) is 28.0 Å². The molecule has 0 spiro atoms. The van der Waals surface area contributed by atoms with Gasteiger partial charge in [0.1, 0.15) is 11.2 Å². The predicted octanol–water partition coefficient (Wildman–Crippen LogP) is 1.46. The number of hydrogen-bond donors (Lipinski definition) is 1. The normalized spacial score (nSPS) is 19.9. The van der Waals surface area contributed by atoms with Gasteiger partial charge in [0.2, 0.25) is 0 Å². The standard InChI is InChI=1S/C10H9ClN2O/c11-10-7(5-12)3-6-4-8(14)1-2-9(6)13-10/h3,8,14H,1-2,4H2. The summed E-state index contributed by atoms with van der Waals surface area (Å²) in [6, 6.07) is 3.71. The third kappa shape index (κ3) is 1.59. The van der Waals surface area contributed by atoms with Gasteiger partial charge < -0.3 is 5.11 Å². The third-order valence-electron chi connectivity index (χ3n) is 2.43. The summed E-state index contributed by atoms with van der Waals surface area (Å²) in [7, 11) is 0.